The fraction of sp³-hybridized carbons (Fsp3) is 0.0714. The predicted octanol–water partition coefficient (Wildman–Crippen LogP) is 5.18. The number of thiophene rings is 1. The number of carbonyl (C=O) groups excluding carboxylic acids is 1. The first-order valence-corrected chi connectivity index (χ1v) is 7.81. The molecule has 0 spiro atoms. The lowest BCUT2D eigenvalue weighted by Gasteiger charge is -1.99. The van der Waals surface area contributed by atoms with E-state index < -0.39 is 0 Å². The molecule has 1 heterocycles. The molecule has 0 aliphatic rings. The molecule has 2 nitrogen and oxygen atoms in total. The Bertz CT molecular complexity index is 595. The standard InChI is InChI=1S/C14H10Br2O2S/c1-18-10-4-2-9(3-5-10)13(17)7-6-11-8-12(15)14(16)19-11/h2-8H,1H3/b7-6+. The molecule has 0 saturated carbocycles. The van der Waals surface area contributed by atoms with Crippen LogP contribution in [0.15, 0.2) is 44.7 Å². The predicted molar refractivity (Wildman–Crippen MR) is 86.1 cm³/mol. The summed E-state index contributed by atoms with van der Waals surface area (Å²) in [5.74, 6) is 0.718. The first-order valence-electron chi connectivity index (χ1n) is 5.41. The fourth-order valence-corrected chi connectivity index (χ4v) is 3.45. The zero-order valence-corrected chi connectivity index (χ0v) is 14.0. The fourth-order valence-electron chi connectivity index (χ4n) is 1.45. The molecule has 0 bridgehead atoms. The molecule has 1 aromatic heterocycles. The van der Waals surface area contributed by atoms with Crippen LogP contribution in [0.5, 0.6) is 5.75 Å². The van der Waals surface area contributed by atoms with Crippen molar-refractivity contribution in [3.05, 3.63) is 55.1 Å². The van der Waals surface area contributed by atoms with Gasteiger partial charge in [0.15, 0.2) is 5.78 Å². The summed E-state index contributed by atoms with van der Waals surface area (Å²) in [6, 6.07) is 9.03. The third-order valence-corrected chi connectivity index (χ3v) is 5.66. The minimum Gasteiger partial charge on any atom is -0.497 e. The first kappa shape index (κ1) is 14.5. The Labute approximate surface area is 132 Å². The number of methoxy groups -OCH3 is 1. The molecular formula is C14H10Br2O2S. The van der Waals surface area contributed by atoms with Gasteiger partial charge in [0.05, 0.1) is 10.9 Å². The van der Waals surface area contributed by atoms with Gasteiger partial charge in [-0.15, -0.1) is 11.3 Å². The highest BCUT2D eigenvalue weighted by Crippen LogP contribution is 2.33. The number of hydrogen-bond acceptors (Lipinski definition) is 3. The zero-order valence-electron chi connectivity index (χ0n) is 10.0. The Morgan fingerprint density at radius 2 is 1.95 bits per heavy atom. The van der Waals surface area contributed by atoms with Crippen molar-refractivity contribution < 1.29 is 9.53 Å². The van der Waals surface area contributed by atoms with Gasteiger partial charge in [0.1, 0.15) is 5.75 Å². The molecule has 2 aromatic rings. The molecule has 19 heavy (non-hydrogen) atoms. The van der Waals surface area contributed by atoms with E-state index >= 15 is 0 Å². The molecule has 0 fully saturated rings. The van der Waals surface area contributed by atoms with E-state index in [1.165, 1.54) is 0 Å². The Morgan fingerprint density at radius 1 is 1.26 bits per heavy atom. The lowest BCUT2D eigenvalue weighted by atomic mass is 10.1. The first-order chi connectivity index (χ1) is 9.10. The third-order valence-electron chi connectivity index (χ3n) is 2.44. The van der Waals surface area contributed by atoms with E-state index in [0.717, 1.165) is 18.9 Å². The Balaban J connectivity index is 2.11. The highest BCUT2D eigenvalue weighted by atomic mass is 79.9. The quantitative estimate of drug-likeness (QED) is 0.521. The smallest absolute Gasteiger partial charge is 0.185 e. The van der Waals surface area contributed by atoms with E-state index in [-0.39, 0.29) is 5.78 Å². The highest BCUT2D eigenvalue weighted by molar-refractivity contribution is 9.13. The number of ketones is 1. The summed E-state index contributed by atoms with van der Waals surface area (Å²) in [5, 5.41) is 0. The molecule has 0 aliphatic heterocycles. The van der Waals surface area contributed by atoms with Crippen molar-refractivity contribution >= 4 is 55.1 Å². The summed E-state index contributed by atoms with van der Waals surface area (Å²) in [6.07, 6.45) is 3.39. The minimum atomic E-state index is -0.0247. The van der Waals surface area contributed by atoms with Crippen LogP contribution in [0.4, 0.5) is 0 Å². The average molecular weight is 402 g/mol. The SMILES string of the molecule is COc1ccc(C(=O)/C=C/c2cc(Br)c(Br)s2)cc1. The highest BCUT2D eigenvalue weighted by Gasteiger charge is 2.04. The molecule has 1 aromatic carbocycles. The molecular weight excluding hydrogens is 392 g/mol. The maximum Gasteiger partial charge on any atom is 0.185 e. The van der Waals surface area contributed by atoms with Gasteiger partial charge in [0, 0.05) is 14.9 Å². The van der Waals surface area contributed by atoms with Gasteiger partial charge in [0.25, 0.3) is 0 Å². The molecule has 2 rings (SSSR count). The molecule has 0 amide bonds. The van der Waals surface area contributed by atoms with Crippen molar-refractivity contribution in [1.29, 1.82) is 0 Å². The van der Waals surface area contributed by atoms with E-state index in [1.54, 1.807) is 48.8 Å². The maximum absolute atomic E-state index is 12.0. The number of benzene rings is 1. The second-order valence-corrected chi connectivity index (χ2v) is 6.95. The van der Waals surface area contributed by atoms with Crippen molar-refractivity contribution in [3.63, 3.8) is 0 Å². The lowest BCUT2D eigenvalue weighted by molar-refractivity contribution is 0.104. The molecule has 0 saturated heterocycles. The van der Waals surface area contributed by atoms with Gasteiger partial charge in [-0.3, -0.25) is 4.79 Å². The van der Waals surface area contributed by atoms with E-state index in [1.807, 2.05) is 12.1 Å². The minimum absolute atomic E-state index is 0.0247. The second kappa shape index (κ2) is 6.50. The van der Waals surface area contributed by atoms with Gasteiger partial charge in [-0.05, 0) is 74.3 Å². The second-order valence-electron chi connectivity index (χ2n) is 3.70. The Hall–Kier alpha value is -0.910. The largest absolute Gasteiger partial charge is 0.497 e. The van der Waals surface area contributed by atoms with Crippen LogP contribution in [0.25, 0.3) is 6.08 Å². The van der Waals surface area contributed by atoms with E-state index in [9.17, 15) is 4.79 Å². The third kappa shape index (κ3) is 3.78. The summed E-state index contributed by atoms with van der Waals surface area (Å²) in [5.41, 5.74) is 0.645. The Kier molecular flexibility index (Phi) is 4.96. The summed E-state index contributed by atoms with van der Waals surface area (Å²) in [7, 11) is 1.60. The van der Waals surface area contributed by atoms with Gasteiger partial charge in [-0.2, -0.15) is 0 Å². The summed E-state index contributed by atoms with van der Waals surface area (Å²) in [4.78, 5) is 13.0. The zero-order chi connectivity index (χ0) is 13.8. The van der Waals surface area contributed by atoms with Crippen LogP contribution in [0.1, 0.15) is 15.2 Å². The van der Waals surface area contributed by atoms with Crippen molar-refractivity contribution in [2.24, 2.45) is 0 Å². The van der Waals surface area contributed by atoms with Crippen molar-refractivity contribution in [1.82, 2.24) is 0 Å². The number of rotatable bonds is 4. The average Bonchev–Trinajstić information content (AvgIpc) is 2.75. The number of allylic oxidation sites excluding steroid dienone is 1. The number of carbonyl (C=O) groups is 1. The van der Waals surface area contributed by atoms with Gasteiger partial charge in [-0.1, -0.05) is 0 Å². The van der Waals surface area contributed by atoms with E-state index in [0.29, 0.717) is 5.56 Å². The molecule has 98 valence electrons. The van der Waals surface area contributed by atoms with Crippen LogP contribution in [-0.4, -0.2) is 12.9 Å². The van der Waals surface area contributed by atoms with Crippen molar-refractivity contribution in [2.75, 3.05) is 7.11 Å². The van der Waals surface area contributed by atoms with Gasteiger partial charge >= 0.3 is 0 Å². The molecule has 5 heteroatoms. The summed E-state index contributed by atoms with van der Waals surface area (Å²) < 4.78 is 7.07. The normalized spacial score (nSPS) is 10.9. The van der Waals surface area contributed by atoms with Crippen molar-refractivity contribution in [3.8, 4) is 5.75 Å². The van der Waals surface area contributed by atoms with Gasteiger partial charge in [0.2, 0.25) is 0 Å². The van der Waals surface area contributed by atoms with E-state index in [4.69, 9.17) is 4.74 Å². The van der Waals surface area contributed by atoms with Crippen LogP contribution >= 0.6 is 43.2 Å². The molecule has 0 N–H and O–H groups in total. The monoisotopic (exact) mass is 400 g/mol. The van der Waals surface area contributed by atoms with Crippen LogP contribution in [-0.2, 0) is 0 Å². The summed E-state index contributed by atoms with van der Waals surface area (Å²) in [6.45, 7) is 0. The topological polar surface area (TPSA) is 26.3 Å². The number of ether oxygens (including phenoxy) is 1. The molecule has 0 unspecified atom stereocenters. The molecule has 0 aliphatic carbocycles. The number of hydrogen-bond donors (Lipinski definition) is 0. The molecule has 0 radical (unpaired) electrons. The lowest BCUT2D eigenvalue weighted by Crippen LogP contribution is -1.93. The summed E-state index contributed by atoms with van der Waals surface area (Å²) >= 11 is 8.41. The van der Waals surface area contributed by atoms with Crippen LogP contribution in [0.3, 0.4) is 0 Å². The van der Waals surface area contributed by atoms with Crippen molar-refractivity contribution in [2.45, 2.75) is 0 Å². The maximum atomic E-state index is 12.0. The van der Waals surface area contributed by atoms with Crippen LogP contribution in [0.2, 0.25) is 0 Å². The Morgan fingerprint density at radius 3 is 2.47 bits per heavy atom. The number of halogens is 2. The van der Waals surface area contributed by atoms with E-state index in [2.05, 4.69) is 31.9 Å². The van der Waals surface area contributed by atoms with Gasteiger partial charge < -0.3 is 4.74 Å². The van der Waals surface area contributed by atoms with Gasteiger partial charge in [-0.25, -0.2) is 0 Å². The van der Waals surface area contributed by atoms with Crippen LogP contribution in [0, 0.1) is 0 Å². The molecule has 0 atom stereocenters. The van der Waals surface area contributed by atoms with Crippen LogP contribution < -0.4 is 4.74 Å².